The van der Waals surface area contributed by atoms with E-state index in [9.17, 15) is 0 Å². The average molecular weight is 179 g/mol. The van der Waals surface area contributed by atoms with E-state index in [1.807, 2.05) is 12.1 Å². The van der Waals surface area contributed by atoms with Crippen LogP contribution in [-0.4, -0.2) is 17.6 Å². The fraction of sp³-hybridized carbons (Fsp3) is 0.500. The molecule has 3 heteroatoms. The van der Waals surface area contributed by atoms with Gasteiger partial charge in [-0.05, 0) is 24.1 Å². The number of hydrogen-bond donors (Lipinski definition) is 2. The summed E-state index contributed by atoms with van der Waals surface area (Å²) in [5.74, 6) is 0. The summed E-state index contributed by atoms with van der Waals surface area (Å²) in [5, 5.41) is 3.30. The van der Waals surface area contributed by atoms with Crippen molar-refractivity contribution >= 4 is 0 Å². The smallest absolute Gasteiger partial charge is 0.0271 e. The van der Waals surface area contributed by atoms with Crippen LogP contribution in [0.25, 0.3) is 0 Å². The van der Waals surface area contributed by atoms with E-state index in [2.05, 4.69) is 17.2 Å². The van der Waals surface area contributed by atoms with Crippen molar-refractivity contribution in [3.05, 3.63) is 30.1 Å². The first-order chi connectivity index (χ1) is 6.33. The van der Waals surface area contributed by atoms with Crippen molar-refractivity contribution in [3.63, 3.8) is 0 Å². The number of nitrogens with zero attached hydrogens (tertiary/aromatic N) is 1. The van der Waals surface area contributed by atoms with Crippen molar-refractivity contribution in [1.29, 1.82) is 0 Å². The van der Waals surface area contributed by atoms with Gasteiger partial charge in [0.05, 0.1) is 0 Å². The summed E-state index contributed by atoms with van der Waals surface area (Å²) >= 11 is 0. The zero-order valence-corrected chi connectivity index (χ0v) is 8.03. The topological polar surface area (TPSA) is 50.9 Å². The van der Waals surface area contributed by atoms with Gasteiger partial charge in [-0.1, -0.05) is 6.92 Å². The normalized spacial score (nSPS) is 12.8. The van der Waals surface area contributed by atoms with Gasteiger partial charge in [0.2, 0.25) is 0 Å². The maximum absolute atomic E-state index is 5.76. The molecule has 0 spiro atoms. The molecular weight excluding hydrogens is 162 g/mol. The van der Waals surface area contributed by atoms with Gasteiger partial charge < -0.3 is 11.1 Å². The second-order valence-electron chi connectivity index (χ2n) is 3.15. The third-order valence-corrected chi connectivity index (χ3v) is 2.01. The highest BCUT2D eigenvalue weighted by atomic mass is 14.9. The highest BCUT2D eigenvalue weighted by Gasteiger charge is 1.97. The van der Waals surface area contributed by atoms with Gasteiger partial charge in [-0.25, -0.2) is 0 Å². The summed E-state index contributed by atoms with van der Waals surface area (Å²) in [7, 11) is 0. The quantitative estimate of drug-likeness (QED) is 0.706. The molecule has 3 N–H and O–H groups in total. The molecule has 0 aromatic carbocycles. The molecule has 0 fully saturated rings. The average Bonchev–Trinajstić information content (AvgIpc) is 2.19. The molecule has 0 radical (unpaired) electrons. The predicted molar refractivity (Wildman–Crippen MR) is 54.2 cm³/mol. The predicted octanol–water partition coefficient (Wildman–Crippen LogP) is 0.908. The second kappa shape index (κ2) is 5.67. The molecule has 0 bridgehead atoms. The fourth-order valence-electron chi connectivity index (χ4n) is 1.05. The van der Waals surface area contributed by atoms with E-state index in [4.69, 9.17) is 5.73 Å². The summed E-state index contributed by atoms with van der Waals surface area (Å²) in [5.41, 5.74) is 7.01. The Morgan fingerprint density at radius 2 is 2.15 bits per heavy atom. The van der Waals surface area contributed by atoms with E-state index >= 15 is 0 Å². The summed E-state index contributed by atoms with van der Waals surface area (Å²) in [6.07, 6.45) is 4.62. The van der Waals surface area contributed by atoms with Crippen molar-refractivity contribution in [2.45, 2.75) is 25.9 Å². The van der Waals surface area contributed by atoms with E-state index in [0.717, 1.165) is 19.5 Å². The Labute approximate surface area is 79.4 Å². The van der Waals surface area contributed by atoms with Crippen molar-refractivity contribution in [2.75, 3.05) is 6.54 Å². The third kappa shape index (κ3) is 4.01. The molecule has 13 heavy (non-hydrogen) atoms. The van der Waals surface area contributed by atoms with Gasteiger partial charge in [0.1, 0.15) is 0 Å². The molecule has 1 unspecified atom stereocenters. The van der Waals surface area contributed by atoms with Gasteiger partial charge in [-0.15, -0.1) is 0 Å². The Kier molecular flexibility index (Phi) is 4.43. The first-order valence-corrected chi connectivity index (χ1v) is 4.68. The minimum absolute atomic E-state index is 0.266. The van der Waals surface area contributed by atoms with Crippen molar-refractivity contribution in [3.8, 4) is 0 Å². The Balaban J connectivity index is 2.20. The maximum Gasteiger partial charge on any atom is 0.0271 e. The van der Waals surface area contributed by atoms with Gasteiger partial charge in [0, 0.05) is 31.5 Å². The molecule has 0 saturated heterocycles. The lowest BCUT2D eigenvalue weighted by molar-refractivity contribution is 0.563. The van der Waals surface area contributed by atoms with Crippen LogP contribution < -0.4 is 11.1 Å². The monoisotopic (exact) mass is 179 g/mol. The van der Waals surface area contributed by atoms with E-state index < -0.39 is 0 Å². The minimum atomic E-state index is 0.266. The summed E-state index contributed by atoms with van der Waals surface area (Å²) < 4.78 is 0. The summed E-state index contributed by atoms with van der Waals surface area (Å²) in [6, 6.07) is 4.27. The Hall–Kier alpha value is -0.930. The lowest BCUT2D eigenvalue weighted by Crippen LogP contribution is -2.32. The summed E-state index contributed by atoms with van der Waals surface area (Å²) in [6.45, 7) is 3.84. The van der Waals surface area contributed by atoms with Gasteiger partial charge >= 0.3 is 0 Å². The van der Waals surface area contributed by atoms with Crippen molar-refractivity contribution in [1.82, 2.24) is 10.3 Å². The lowest BCUT2D eigenvalue weighted by Gasteiger charge is -2.09. The molecule has 1 atom stereocenters. The number of rotatable bonds is 5. The standard InChI is InChI=1S/C10H17N3/c1-2-10(11)8-13-7-9-3-5-12-6-4-9/h3-6,10,13H,2,7-8,11H2,1H3. The highest BCUT2D eigenvalue weighted by Crippen LogP contribution is 1.94. The van der Waals surface area contributed by atoms with Gasteiger partial charge in [0.25, 0.3) is 0 Å². The van der Waals surface area contributed by atoms with Crippen LogP contribution in [0.5, 0.6) is 0 Å². The molecule has 1 rings (SSSR count). The molecule has 0 aliphatic carbocycles. The van der Waals surface area contributed by atoms with Crippen LogP contribution >= 0.6 is 0 Å². The molecule has 0 aliphatic rings. The van der Waals surface area contributed by atoms with E-state index in [1.54, 1.807) is 12.4 Å². The van der Waals surface area contributed by atoms with Crippen LogP contribution in [0.15, 0.2) is 24.5 Å². The molecule has 72 valence electrons. The van der Waals surface area contributed by atoms with Gasteiger partial charge in [0.15, 0.2) is 0 Å². The Morgan fingerprint density at radius 3 is 2.77 bits per heavy atom. The van der Waals surface area contributed by atoms with E-state index in [1.165, 1.54) is 5.56 Å². The number of aromatic nitrogens is 1. The molecule has 0 aliphatic heterocycles. The van der Waals surface area contributed by atoms with Gasteiger partial charge in [-0.2, -0.15) is 0 Å². The van der Waals surface area contributed by atoms with E-state index in [0.29, 0.717) is 0 Å². The molecule has 1 heterocycles. The molecule has 0 amide bonds. The minimum Gasteiger partial charge on any atom is -0.327 e. The Bertz CT molecular complexity index is 223. The molecule has 1 aromatic heterocycles. The molecule has 3 nitrogen and oxygen atoms in total. The highest BCUT2D eigenvalue weighted by molar-refractivity contribution is 5.08. The molecule has 0 saturated carbocycles. The SMILES string of the molecule is CCC(N)CNCc1ccncc1. The maximum atomic E-state index is 5.76. The van der Waals surface area contributed by atoms with Crippen LogP contribution in [0, 0.1) is 0 Å². The van der Waals surface area contributed by atoms with Crippen molar-refractivity contribution in [2.24, 2.45) is 5.73 Å². The van der Waals surface area contributed by atoms with Crippen LogP contribution in [0.1, 0.15) is 18.9 Å². The third-order valence-electron chi connectivity index (χ3n) is 2.01. The van der Waals surface area contributed by atoms with E-state index in [-0.39, 0.29) is 6.04 Å². The molecule has 1 aromatic rings. The number of pyridine rings is 1. The van der Waals surface area contributed by atoms with Crippen molar-refractivity contribution < 1.29 is 0 Å². The van der Waals surface area contributed by atoms with Crippen LogP contribution in [0.4, 0.5) is 0 Å². The first-order valence-electron chi connectivity index (χ1n) is 4.68. The molecular formula is C10H17N3. The number of nitrogens with one attached hydrogen (secondary N) is 1. The number of hydrogen-bond acceptors (Lipinski definition) is 3. The first kappa shape index (κ1) is 10.2. The zero-order valence-electron chi connectivity index (χ0n) is 8.03. The fourth-order valence-corrected chi connectivity index (χ4v) is 1.05. The van der Waals surface area contributed by atoms with Gasteiger partial charge in [-0.3, -0.25) is 4.98 Å². The van der Waals surface area contributed by atoms with Crippen LogP contribution in [-0.2, 0) is 6.54 Å². The number of nitrogens with two attached hydrogens (primary N) is 1. The zero-order chi connectivity index (χ0) is 9.52. The second-order valence-corrected chi connectivity index (χ2v) is 3.15. The Morgan fingerprint density at radius 1 is 1.46 bits per heavy atom. The van der Waals surface area contributed by atoms with Crippen LogP contribution in [0.3, 0.4) is 0 Å². The lowest BCUT2D eigenvalue weighted by atomic mass is 10.2. The summed E-state index contributed by atoms with van der Waals surface area (Å²) in [4.78, 5) is 3.95. The largest absolute Gasteiger partial charge is 0.327 e. The van der Waals surface area contributed by atoms with Crippen LogP contribution in [0.2, 0.25) is 0 Å².